The van der Waals surface area contributed by atoms with Gasteiger partial charge in [0.15, 0.2) is 0 Å². The number of alkyl halides is 8. The molecule has 132 valence electrons. The van der Waals surface area contributed by atoms with Crippen molar-refractivity contribution in [1.29, 1.82) is 0 Å². The lowest BCUT2D eigenvalue weighted by atomic mass is 9.66. The van der Waals surface area contributed by atoms with Crippen LogP contribution in [0.15, 0.2) is 0 Å². The van der Waals surface area contributed by atoms with Gasteiger partial charge in [-0.05, 0) is 19.3 Å². The van der Waals surface area contributed by atoms with E-state index in [1.807, 2.05) is 0 Å². The molecule has 4 atom stereocenters. The Hall–Kier alpha value is -0.640. The first kappa shape index (κ1) is 19.4. The van der Waals surface area contributed by atoms with Crippen LogP contribution in [-0.4, -0.2) is 43.7 Å². The summed E-state index contributed by atoms with van der Waals surface area (Å²) in [6.07, 6.45) is -9.98. The van der Waals surface area contributed by atoms with E-state index in [2.05, 4.69) is 9.47 Å². The maximum Gasteiger partial charge on any atom is 0.423 e. The molecule has 0 aliphatic heterocycles. The highest BCUT2D eigenvalue weighted by Crippen LogP contribution is 2.60. The minimum atomic E-state index is -5.69. The highest BCUT2D eigenvalue weighted by Gasteiger charge is 2.80. The van der Waals surface area contributed by atoms with E-state index < -0.39 is 54.8 Å². The second kappa shape index (κ2) is 5.77. The van der Waals surface area contributed by atoms with Crippen molar-refractivity contribution in [3.8, 4) is 0 Å². The maximum atomic E-state index is 14.3. The molecule has 0 spiro atoms. The van der Waals surface area contributed by atoms with Gasteiger partial charge in [-0.2, -0.15) is 13.2 Å². The number of methoxy groups -OCH3 is 1. The van der Waals surface area contributed by atoms with Gasteiger partial charge in [-0.15, -0.1) is 0 Å². The normalized spacial score (nSPS) is 36.4. The predicted octanol–water partition coefficient (Wildman–Crippen LogP) is 4.19. The van der Waals surface area contributed by atoms with Crippen LogP contribution in [0.5, 0.6) is 0 Å². The van der Waals surface area contributed by atoms with Gasteiger partial charge in [-0.3, -0.25) is 0 Å². The first-order valence-electron chi connectivity index (χ1n) is 6.31. The molecule has 0 N–H and O–H groups in total. The number of ether oxygens (including phenoxy) is 2. The zero-order valence-electron chi connectivity index (χ0n) is 12.0. The van der Waals surface area contributed by atoms with Gasteiger partial charge >= 0.3 is 6.18 Å². The van der Waals surface area contributed by atoms with Crippen molar-refractivity contribution in [3.63, 3.8) is 0 Å². The van der Waals surface area contributed by atoms with Crippen molar-refractivity contribution < 1.29 is 44.6 Å². The van der Waals surface area contributed by atoms with Gasteiger partial charge in [0.2, 0.25) is 5.60 Å². The summed E-state index contributed by atoms with van der Waals surface area (Å²) in [6, 6.07) is 0. The van der Waals surface area contributed by atoms with E-state index in [-0.39, 0.29) is 6.92 Å². The van der Waals surface area contributed by atoms with Crippen molar-refractivity contribution in [1.82, 2.24) is 0 Å². The third-order valence-corrected chi connectivity index (χ3v) is 3.83. The highest BCUT2D eigenvalue weighted by atomic mass is 19.4. The van der Waals surface area contributed by atoms with E-state index in [4.69, 9.17) is 0 Å². The molecule has 0 aromatic rings. The van der Waals surface area contributed by atoms with E-state index in [0.717, 1.165) is 14.0 Å². The van der Waals surface area contributed by atoms with E-state index in [1.54, 1.807) is 0 Å². The molecule has 10 heteroatoms. The van der Waals surface area contributed by atoms with Crippen molar-refractivity contribution in [2.75, 3.05) is 13.9 Å². The molecule has 0 saturated heterocycles. The molecule has 0 radical (unpaired) electrons. The van der Waals surface area contributed by atoms with Gasteiger partial charge in [-0.25, -0.2) is 22.0 Å². The Morgan fingerprint density at radius 1 is 1.14 bits per heavy atom. The first-order chi connectivity index (χ1) is 9.72. The number of hydrogen-bond acceptors (Lipinski definition) is 2. The molecule has 0 heterocycles. The average molecular weight is 344 g/mol. The minimum absolute atomic E-state index is 0.0341. The van der Waals surface area contributed by atoms with Crippen LogP contribution in [0.1, 0.15) is 20.3 Å². The summed E-state index contributed by atoms with van der Waals surface area (Å²) in [5.74, 6) is -14.7. The molecule has 1 fully saturated rings. The quantitative estimate of drug-likeness (QED) is 0.562. The molecule has 22 heavy (non-hydrogen) atoms. The average Bonchev–Trinajstić information content (AvgIpc) is 2.28. The van der Waals surface area contributed by atoms with Gasteiger partial charge in [0.1, 0.15) is 18.9 Å². The van der Waals surface area contributed by atoms with Gasteiger partial charge in [-0.1, -0.05) is 6.92 Å². The highest BCUT2D eigenvalue weighted by molar-refractivity contribution is 5.13. The monoisotopic (exact) mass is 344 g/mol. The first-order valence-corrected chi connectivity index (χ1v) is 6.31. The van der Waals surface area contributed by atoms with Crippen molar-refractivity contribution >= 4 is 0 Å². The Morgan fingerprint density at radius 3 is 2.00 bits per heavy atom. The Bertz CT molecular complexity index is 392. The minimum Gasteiger partial charge on any atom is -0.359 e. The summed E-state index contributed by atoms with van der Waals surface area (Å²) in [4.78, 5) is 0. The zero-order chi connectivity index (χ0) is 17.6. The molecular weight excluding hydrogens is 328 g/mol. The van der Waals surface area contributed by atoms with Crippen LogP contribution < -0.4 is 0 Å². The van der Waals surface area contributed by atoms with Crippen LogP contribution in [-0.2, 0) is 9.47 Å². The summed E-state index contributed by atoms with van der Waals surface area (Å²) in [5, 5.41) is 0. The Labute approximate surface area is 121 Å². The molecular formula is C12H16F8O2. The summed E-state index contributed by atoms with van der Waals surface area (Å²) < 4.78 is 117. The van der Waals surface area contributed by atoms with Crippen LogP contribution in [0.25, 0.3) is 0 Å². The maximum absolute atomic E-state index is 14.3. The van der Waals surface area contributed by atoms with Crippen molar-refractivity contribution in [3.05, 3.63) is 0 Å². The lowest BCUT2D eigenvalue weighted by molar-refractivity contribution is -0.403. The second-order valence-electron chi connectivity index (χ2n) is 5.56. The Balaban J connectivity index is 3.48. The van der Waals surface area contributed by atoms with Crippen molar-refractivity contribution in [2.24, 2.45) is 11.8 Å². The number of rotatable bonds is 4. The molecule has 4 unspecified atom stereocenters. The largest absolute Gasteiger partial charge is 0.423 e. The van der Waals surface area contributed by atoms with Crippen LogP contribution in [0.3, 0.4) is 0 Å². The smallest absolute Gasteiger partial charge is 0.359 e. The third-order valence-electron chi connectivity index (χ3n) is 3.83. The summed E-state index contributed by atoms with van der Waals surface area (Å²) in [6.45, 7) is -0.371. The SMILES string of the molecule is COCOC1(C(F)(F)F)CC(C)C(F)C(C(C)(F)F)C1(F)F. The van der Waals surface area contributed by atoms with Gasteiger partial charge in [0.25, 0.3) is 11.8 Å². The third kappa shape index (κ3) is 2.91. The topological polar surface area (TPSA) is 18.5 Å². The molecule has 0 amide bonds. The summed E-state index contributed by atoms with van der Waals surface area (Å²) in [5.41, 5.74) is -4.23. The Morgan fingerprint density at radius 2 is 1.64 bits per heavy atom. The molecule has 0 aromatic carbocycles. The standard InChI is InChI=1S/C12H16F8O2/c1-6-4-10(12(18,19)20,22-5-21-3)11(16,17)8(7(6)13)9(2,14)15/h6-8H,4-5H2,1-3H3. The van der Waals surface area contributed by atoms with E-state index in [9.17, 15) is 35.1 Å². The van der Waals surface area contributed by atoms with Crippen LogP contribution in [0, 0.1) is 11.8 Å². The lowest BCUT2D eigenvalue weighted by Gasteiger charge is -2.51. The fraction of sp³-hybridized carbons (Fsp3) is 1.00. The number of hydrogen-bond donors (Lipinski definition) is 0. The van der Waals surface area contributed by atoms with Crippen LogP contribution in [0.2, 0.25) is 0 Å². The van der Waals surface area contributed by atoms with Crippen molar-refractivity contribution in [2.45, 2.75) is 50.1 Å². The van der Waals surface area contributed by atoms with E-state index in [1.165, 1.54) is 0 Å². The van der Waals surface area contributed by atoms with Gasteiger partial charge in [0.05, 0.1) is 0 Å². The molecule has 2 nitrogen and oxygen atoms in total. The molecule has 1 rings (SSSR count). The fourth-order valence-electron chi connectivity index (χ4n) is 2.78. The lowest BCUT2D eigenvalue weighted by Crippen LogP contribution is -2.71. The molecule has 1 aliphatic carbocycles. The second-order valence-corrected chi connectivity index (χ2v) is 5.56. The summed E-state index contributed by atoms with van der Waals surface area (Å²) in [7, 11) is 0.887. The summed E-state index contributed by atoms with van der Waals surface area (Å²) >= 11 is 0. The predicted molar refractivity (Wildman–Crippen MR) is 59.5 cm³/mol. The van der Waals surface area contributed by atoms with Gasteiger partial charge in [0, 0.05) is 7.11 Å². The molecule has 0 bridgehead atoms. The fourth-order valence-corrected chi connectivity index (χ4v) is 2.78. The molecule has 1 saturated carbocycles. The van der Waals surface area contributed by atoms with E-state index in [0.29, 0.717) is 0 Å². The van der Waals surface area contributed by atoms with Crippen LogP contribution in [0.4, 0.5) is 35.1 Å². The van der Waals surface area contributed by atoms with Crippen LogP contribution >= 0.6 is 0 Å². The van der Waals surface area contributed by atoms with E-state index >= 15 is 0 Å². The molecule has 0 aromatic heterocycles. The Kier molecular flexibility index (Phi) is 5.09. The molecule has 1 aliphatic rings. The zero-order valence-corrected chi connectivity index (χ0v) is 12.0. The van der Waals surface area contributed by atoms with Gasteiger partial charge < -0.3 is 9.47 Å². The number of halogens is 8.